The average Bonchev–Trinajstić information content (AvgIpc) is 2.90. The molecule has 1 fully saturated rings. The van der Waals surface area contributed by atoms with E-state index in [9.17, 15) is 22.4 Å². The number of ether oxygens (including phenoxy) is 1. The minimum Gasteiger partial charge on any atom is -0.350 e. The Kier molecular flexibility index (Phi) is 9.09. The molecule has 2 atom stereocenters. The third-order valence-corrected chi connectivity index (χ3v) is 9.40. The molecule has 4 rings (SSSR count). The molecule has 2 heterocycles. The van der Waals surface area contributed by atoms with Crippen LogP contribution in [0.4, 0.5) is 4.39 Å². The second-order valence-electron chi connectivity index (χ2n) is 10.8. The van der Waals surface area contributed by atoms with Gasteiger partial charge >= 0.3 is 0 Å². The zero-order chi connectivity index (χ0) is 29.1. The molecule has 3 aromatic rings. The van der Waals surface area contributed by atoms with Crippen molar-refractivity contribution in [3.05, 3.63) is 70.4 Å². The summed E-state index contributed by atoms with van der Waals surface area (Å²) in [5.74, 6) is -1.16. The molecule has 216 valence electrons. The first-order valence-corrected chi connectivity index (χ1v) is 15.1. The SMILES string of the molecule is CN(C)Cc1ccc(-c2ccc3c(=O)n(CC[C@](C)(C(=O)NOC4CCCCO4)S(C)(=O)=O)ccc3c2)c(F)c1. The molecule has 0 bridgehead atoms. The van der Waals surface area contributed by atoms with E-state index in [1.807, 2.05) is 25.1 Å². The number of rotatable bonds is 10. The van der Waals surface area contributed by atoms with E-state index in [1.54, 1.807) is 36.5 Å². The van der Waals surface area contributed by atoms with Crippen molar-refractivity contribution in [3.63, 3.8) is 0 Å². The number of aromatic nitrogens is 1. The van der Waals surface area contributed by atoms with Crippen LogP contribution in [0.5, 0.6) is 0 Å². The number of carbonyl (C=O) groups is 1. The molecule has 1 N–H and O–H groups in total. The fraction of sp³-hybridized carbons (Fsp3) is 0.448. The van der Waals surface area contributed by atoms with Crippen molar-refractivity contribution in [2.24, 2.45) is 0 Å². The van der Waals surface area contributed by atoms with Crippen molar-refractivity contribution >= 4 is 26.5 Å². The van der Waals surface area contributed by atoms with Gasteiger partial charge in [-0.1, -0.05) is 18.2 Å². The highest BCUT2D eigenvalue weighted by atomic mass is 32.2. The number of fused-ring (bicyclic) bond motifs is 1. The summed E-state index contributed by atoms with van der Waals surface area (Å²) in [5.41, 5.74) is 3.85. The Bertz CT molecular complexity index is 1550. The Labute approximate surface area is 233 Å². The molecule has 0 aliphatic carbocycles. The maximum absolute atomic E-state index is 14.9. The van der Waals surface area contributed by atoms with Crippen LogP contribution >= 0.6 is 0 Å². The highest BCUT2D eigenvalue weighted by molar-refractivity contribution is 7.92. The lowest BCUT2D eigenvalue weighted by molar-refractivity contribution is -0.201. The van der Waals surface area contributed by atoms with Gasteiger partial charge < -0.3 is 14.2 Å². The normalized spacial score (nSPS) is 17.6. The third kappa shape index (κ3) is 6.60. The fourth-order valence-electron chi connectivity index (χ4n) is 4.72. The monoisotopic (exact) mass is 573 g/mol. The Morgan fingerprint density at radius 3 is 2.62 bits per heavy atom. The summed E-state index contributed by atoms with van der Waals surface area (Å²) < 4.78 is 45.2. The minimum atomic E-state index is -3.88. The van der Waals surface area contributed by atoms with Crippen LogP contribution in [0, 0.1) is 5.82 Å². The first-order valence-electron chi connectivity index (χ1n) is 13.2. The molecule has 11 heteroatoms. The molecule has 0 spiro atoms. The largest absolute Gasteiger partial charge is 0.350 e. The van der Waals surface area contributed by atoms with Crippen LogP contribution in [0.3, 0.4) is 0 Å². The molecule has 9 nitrogen and oxygen atoms in total. The van der Waals surface area contributed by atoms with E-state index in [0.717, 1.165) is 24.7 Å². The summed E-state index contributed by atoms with van der Waals surface area (Å²) in [7, 11) is -0.0447. The molecule has 0 saturated carbocycles. The number of amides is 1. The van der Waals surface area contributed by atoms with Crippen LogP contribution in [0.1, 0.15) is 38.2 Å². The number of hydroxylamine groups is 1. The lowest BCUT2D eigenvalue weighted by Crippen LogP contribution is -2.51. The summed E-state index contributed by atoms with van der Waals surface area (Å²) in [6, 6.07) is 11.9. The maximum Gasteiger partial charge on any atom is 0.264 e. The second-order valence-corrected chi connectivity index (χ2v) is 13.2. The van der Waals surface area contributed by atoms with Crippen LogP contribution < -0.4 is 11.0 Å². The second kappa shape index (κ2) is 12.2. The van der Waals surface area contributed by atoms with Crippen LogP contribution in [0.2, 0.25) is 0 Å². The Morgan fingerprint density at radius 1 is 1.20 bits per heavy atom. The molecular weight excluding hydrogens is 537 g/mol. The summed E-state index contributed by atoms with van der Waals surface area (Å²) in [6.45, 7) is 2.43. The molecule has 1 unspecified atom stereocenters. The zero-order valence-electron chi connectivity index (χ0n) is 23.3. The first kappa shape index (κ1) is 29.9. The number of halogens is 1. The molecule has 40 heavy (non-hydrogen) atoms. The quantitative estimate of drug-likeness (QED) is 0.369. The van der Waals surface area contributed by atoms with Crippen molar-refractivity contribution in [2.45, 2.75) is 56.7 Å². The first-order chi connectivity index (χ1) is 18.9. The Balaban J connectivity index is 1.53. The van der Waals surface area contributed by atoms with Crippen molar-refractivity contribution < 1.29 is 27.2 Å². The lowest BCUT2D eigenvalue weighted by atomic mass is 10.00. The van der Waals surface area contributed by atoms with Crippen molar-refractivity contribution in [3.8, 4) is 11.1 Å². The van der Waals surface area contributed by atoms with E-state index in [2.05, 4.69) is 5.48 Å². The van der Waals surface area contributed by atoms with Gasteiger partial charge in [-0.3, -0.25) is 9.59 Å². The number of nitrogens with one attached hydrogen (secondary N) is 1. The van der Waals surface area contributed by atoms with Gasteiger partial charge in [0.05, 0.1) is 0 Å². The number of sulfone groups is 1. The van der Waals surface area contributed by atoms with E-state index in [4.69, 9.17) is 9.57 Å². The topological polar surface area (TPSA) is 107 Å². The number of benzene rings is 2. The predicted molar refractivity (Wildman–Crippen MR) is 152 cm³/mol. The van der Waals surface area contributed by atoms with Gasteiger partial charge in [-0.2, -0.15) is 0 Å². The number of pyridine rings is 1. The fourth-order valence-corrected chi connectivity index (χ4v) is 5.56. The van der Waals surface area contributed by atoms with Gasteiger partial charge in [-0.05, 0) is 81.1 Å². The van der Waals surface area contributed by atoms with Gasteiger partial charge in [0.15, 0.2) is 20.9 Å². The summed E-state index contributed by atoms with van der Waals surface area (Å²) in [5, 5.41) is 1.03. The van der Waals surface area contributed by atoms with Crippen LogP contribution in [-0.4, -0.2) is 61.8 Å². The van der Waals surface area contributed by atoms with Gasteiger partial charge in [0, 0.05) is 49.5 Å². The number of aryl methyl sites for hydroxylation is 1. The molecule has 1 aliphatic rings. The van der Waals surface area contributed by atoms with E-state index in [1.165, 1.54) is 17.6 Å². The Morgan fingerprint density at radius 2 is 1.98 bits per heavy atom. The Hall–Kier alpha value is -3.12. The maximum atomic E-state index is 14.9. The smallest absolute Gasteiger partial charge is 0.264 e. The summed E-state index contributed by atoms with van der Waals surface area (Å²) in [6.07, 6.45) is 4.14. The van der Waals surface area contributed by atoms with Gasteiger partial charge in [0.25, 0.3) is 11.5 Å². The third-order valence-electron chi connectivity index (χ3n) is 7.37. The van der Waals surface area contributed by atoms with Crippen LogP contribution in [0.15, 0.2) is 53.5 Å². The van der Waals surface area contributed by atoms with E-state index >= 15 is 0 Å². The van der Waals surface area contributed by atoms with Gasteiger partial charge in [-0.15, -0.1) is 0 Å². The van der Waals surface area contributed by atoms with Crippen molar-refractivity contribution in [1.82, 2.24) is 14.9 Å². The number of carbonyl (C=O) groups excluding carboxylic acids is 1. The van der Waals surface area contributed by atoms with Gasteiger partial charge in [-0.25, -0.2) is 23.1 Å². The molecule has 1 amide bonds. The predicted octanol–water partition coefficient (Wildman–Crippen LogP) is 3.64. The highest BCUT2D eigenvalue weighted by Crippen LogP contribution is 2.27. The summed E-state index contributed by atoms with van der Waals surface area (Å²) >= 11 is 0. The van der Waals surface area contributed by atoms with Crippen LogP contribution in [-0.2, 0) is 37.3 Å². The molecule has 0 radical (unpaired) electrons. The van der Waals surface area contributed by atoms with Gasteiger partial charge in [0.1, 0.15) is 5.82 Å². The molecule has 1 aromatic heterocycles. The molecule has 1 saturated heterocycles. The van der Waals surface area contributed by atoms with E-state index in [0.29, 0.717) is 41.5 Å². The van der Waals surface area contributed by atoms with Crippen molar-refractivity contribution in [2.75, 3.05) is 27.0 Å². The highest BCUT2D eigenvalue weighted by Gasteiger charge is 2.44. The van der Waals surface area contributed by atoms with E-state index < -0.39 is 26.8 Å². The molecule has 1 aliphatic heterocycles. The minimum absolute atomic E-state index is 0.0184. The van der Waals surface area contributed by atoms with Gasteiger partial charge in [0.2, 0.25) is 0 Å². The lowest BCUT2D eigenvalue weighted by Gasteiger charge is -2.28. The standard InChI is InChI=1S/C29H36FN3O6S/c1-29(40(4,36)37,28(35)31-39-26-7-5-6-16-38-26)13-15-33-14-12-22-18-21(9-11-24(22)27(33)34)23-10-8-20(17-25(23)30)19-32(2)3/h8-12,14,17-18,26H,5-7,13,15-16,19H2,1-4H3,(H,31,35)/t26?,29-/m1/s1. The number of hydrogen-bond acceptors (Lipinski definition) is 7. The van der Waals surface area contributed by atoms with E-state index in [-0.39, 0.29) is 24.3 Å². The molecule has 2 aromatic carbocycles. The number of hydrogen-bond donors (Lipinski definition) is 1. The van der Waals surface area contributed by atoms with Crippen LogP contribution in [0.25, 0.3) is 21.9 Å². The molecular formula is C29H36FN3O6S. The number of nitrogens with zero attached hydrogens (tertiary/aromatic N) is 2. The zero-order valence-corrected chi connectivity index (χ0v) is 24.1. The summed E-state index contributed by atoms with van der Waals surface area (Å²) in [4.78, 5) is 33.5. The van der Waals surface area contributed by atoms with Crippen molar-refractivity contribution in [1.29, 1.82) is 0 Å². The average molecular weight is 574 g/mol.